The first-order chi connectivity index (χ1) is 13.1. The Bertz CT molecular complexity index is 953. The van der Waals surface area contributed by atoms with Gasteiger partial charge >= 0.3 is 0 Å². The van der Waals surface area contributed by atoms with Crippen LogP contribution in [-0.2, 0) is 11.0 Å². The highest BCUT2D eigenvalue weighted by Crippen LogP contribution is 2.51. The number of fused-ring (bicyclic) bond motifs is 3. The van der Waals surface area contributed by atoms with E-state index in [1.54, 1.807) is 0 Å². The standard InChI is InChI=1S/C26H30N/c1-5-25(4)23-16-12-11-15-22(23)24-18-17-21(20-13-9-8-10-14-20)19-27(24)26(25,6-2)7-3/h8-19H,5-7H2,1-4H3/q+1. The van der Waals surface area contributed by atoms with Gasteiger partial charge in [0.15, 0.2) is 11.7 Å². The molecule has 2 aromatic carbocycles. The van der Waals surface area contributed by atoms with Crippen LogP contribution >= 0.6 is 0 Å². The van der Waals surface area contributed by atoms with Crippen molar-refractivity contribution in [2.75, 3.05) is 0 Å². The van der Waals surface area contributed by atoms with Crippen molar-refractivity contribution < 1.29 is 4.57 Å². The van der Waals surface area contributed by atoms with Crippen molar-refractivity contribution in [2.24, 2.45) is 0 Å². The summed E-state index contributed by atoms with van der Waals surface area (Å²) in [6.07, 6.45) is 5.78. The topological polar surface area (TPSA) is 3.88 Å². The van der Waals surface area contributed by atoms with Crippen molar-refractivity contribution in [2.45, 2.75) is 57.9 Å². The summed E-state index contributed by atoms with van der Waals surface area (Å²) < 4.78 is 2.61. The maximum absolute atomic E-state index is 2.61. The van der Waals surface area contributed by atoms with Gasteiger partial charge in [-0.25, -0.2) is 0 Å². The lowest BCUT2D eigenvalue weighted by atomic mass is 9.59. The molecule has 1 aliphatic heterocycles. The lowest BCUT2D eigenvalue weighted by molar-refractivity contribution is -0.769. The van der Waals surface area contributed by atoms with E-state index in [2.05, 4.69) is 105 Å². The quantitative estimate of drug-likeness (QED) is 0.469. The molecule has 2 heterocycles. The summed E-state index contributed by atoms with van der Waals surface area (Å²) in [4.78, 5) is 0. The third kappa shape index (κ3) is 2.41. The van der Waals surface area contributed by atoms with Gasteiger partial charge in [-0.05, 0) is 36.6 Å². The Labute approximate surface area is 163 Å². The molecule has 0 saturated heterocycles. The van der Waals surface area contributed by atoms with Gasteiger partial charge in [-0.1, -0.05) is 69.3 Å². The first-order valence-corrected chi connectivity index (χ1v) is 10.3. The number of aromatic nitrogens is 1. The second-order valence-electron chi connectivity index (χ2n) is 8.01. The van der Waals surface area contributed by atoms with Crippen LogP contribution in [0, 0.1) is 0 Å². The first-order valence-electron chi connectivity index (χ1n) is 10.3. The fourth-order valence-electron chi connectivity index (χ4n) is 5.47. The monoisotopic (exact) mass is 356 g/mol. The average molecular weight is 357 g/mol. The van der Waals surface area contributed by atoms with Gasteiger partial charge in [0.1, 0.15) is 0 Å². The van der Waals surface area contributed by atoms with E-state index in [1.165, 1.54) is 27.9 Å². The van der Waals surface area contributed by atoms with E-state index in [0.717, 1.165) is 19.3 Å². The van der Waals surface area contributed by atoms with Crippen molar-refractivity contribution in [1.82, 2.24) is 0 Å². The Morgan fingerprint density at radius 2 is 1.37 bits per heavy atom. The Morgan fingerprint density at radius 1 is 0.704 bits per heavy atom. The molecule has 138 valence electrons. The van der Waals surface area contributed by atoms with Crippen molar-refractivity contribution >= 4 is 0 Å². The maximum atomic E-state index is 2.61. The Hall–Kier alpha value is -2.41. The molecule has 0 aliphatic carbocycles. The molecule has 0 bridgehead atoms. The minimum Gasteiger partial charge on any atom is -0.191 e. The molecule has 0 amide bonds. The molecule has 1 aliphatic rings. The third-order valence-electron chi connectivity index (χ3n) is 7.22. The molecule has 0 fully saturated rings. The molecule has 1 unspecified atom stereocenters. The number of hydrogen-bond acceptors (Lipinski definition) is 0. The zero-order valence-corrected chi connectivity index (χ0v) is 17.0. The molecule has 1 aromatic heterocycles. The molecule has 0 spiro atoms. The van der Waals surface area contributed by atoms with Gasteiger partial charge in [-0.3, -0.25) is 0 Å². The Balaban J connectivity index is 2.06. The van der Waals surface area contributed by atoms with E-state index in [1.807, 2.05) is 0 Å². The van der Waals surface area contributed by atoms with Crippen LogP contribution in [0.15, 0.2) is 72.9 Å². The van der Waals surface area contributed by atoms with Gasteiger partial charge in [0.25, 0.3) is 0 Å². The molecule has 27 heavy (non-hydrogen) atoms. The summed E-state index contributed by atoms with van der Waals surface area (Å²) >= 11 is 0. The van der Waals surface area contributed by atoms with Crippen LogP contribution in [0.2, 0.25) is 0 Å². The van der Waals surface area contributed by atoms with Crippen molar-refractivity contribution in [3.63, 3.8) is 0 Å². The summed E-state index contributed by atoms with van der Waals surface area (Å²) in [6.45, 7) is 9.54. The summed E-state index contributed by atoms with van der Waals surface area (Å²) in [5.74, 6) is 0. The number of hydrogen-bond donors (Lipinski definition) is 0. The number of rotatable bonds is 4. The summed E-state index contributed by atoms with van der Waals surface area (Å²) in [5.41, 5.74) is 7.01. The lowest BCUT2D eigenvalue weighted by Gasteiger charge is -2.47. The average Bonchev–Trinajstić information content (AvgIpc) is 2.75. The fraction of sp³-hybridized carbons (Fsp3) is 0.346. The van der Waals surface area contributed by atoms with E-state index in [0.29, 0.717) is 0 Å². The zero-order valence-electron chi connectivity index (χ0n) is 17.0. The van der Waals surface area contributed by atoms with Crippen LogP contribution < -0.4 is 4.57 Å². The van der Waals surface area contributed by atoms with Gasteiger partial charge in [0.05, 0.1) is 11.0 Å². The molecule has 1 atom stereocenters. The number of nitrogens with zero attached hydrogens (tertiary/aromatic N) is 1. The highest BCUT2D eigenvalue weighted by molar-refractivity contribution is 5.68. The SMILES string of the molecule is CCC1(C)c2ccccc2-c2ccc(-c3ccccc3)c[n+]2C1(CC)CC. The van der Waals surface area contributed by atoms with Crippen LogP contribution in [0.25, 0.3) is 22.4 Å². The summed E-state index contributed by atoms with van der Waals surface area (Å²) in [7, 11) is 0. The van der Waals surface area contributed by atoms with Crippen LogP contribution in [0.1, 0.15) is 52.5 Å². The molecule has 1 heteroatoms. The largest absolute Gasteiger partial charge is 0.213 e. The van der Waals surface area contributed by atoms with E-state index < -0.39 is 0 Å². The summed E-state index contributed by atoms with van der Waals surface area (Å²) in [5, 5.41) is 0. The predicted octanol–water partition coefficient (Wildman–Crippen LogP) is 6.50. The van der Waals surface area contributed by atoms with Gasteiger partial charge in [-0.2, -0.15) is 4.57 Å². The van der Waals surface area contributed by atoms with Crippen LogP contribution in [-0.4, -0.2) is 0 Å². The molecule has 1 nitrogen and oxygen atoms in total. The molecule has 4 rings (SSSR count). The Kier molecular flexibility index (Phi) is 4.42. The highest BCUT2D eigenvalue weighted by atomic mass is 15.1. The van der Waals surface area contributed by atoms with Crippen LogP contribution in [0.5, 0.6) is 0 Å². The normalized spacial score (nSPS) is 20.0. The molecular formula is C26H30N+. The molecule has 0 saturated carbocycles. The van der Waals surface area contributed by atoms with Crippen molar-refractivity contribution in [1.29, 1.82) is 0 Å². The lowest BCUT2D eigenvalue weighted by Crippen LogP contribution is -2.68. The first kappa shape index (κ1) is 18.0. The number of pyridine rings is 1. The smallest absolute Gasteiger partial charge is 0.191 e. The number of benzene rings is 2. The highest BCUT2D eigenvalue weighted by Gasteiger charge is 2.58. The zero-order chi connectivity index (χ0) is 19.1. The maximum Gasteiger partial charge on any atom is 0.213 e. The van der Waals surface area contributed by atoms with Gasteiger partial charge in [-0.15, -0.1) is 0 Å². The van der Waals surface area contributed by atoms with Gasteiger partial charge in [0, 0.05) is 24.5 Å². The second-order valence-corrected chi connectivity index (χ2v) is 8.01. The fourth-order valence-corrected chi connectivity index (χ4v) is 5.47. The third-order valence-corrected chi connectivity index (χ3v) is 7.22. The molecule has 0 radical (unpaired) electrons. The van der Waals surface area contributed by atoms with Crippen molar-refractivity contribution in [3.05, 3.63) is 78.5 Å². The van der Waals surface area contributed by atoms with E-state index in [-0.39, 0.29) is 11.0 Å². The van der Waals surface area contributed by atoms with Crippen molar-refractivity contribution in [3.8, 4) is 22.4 Å². The van der Waals surface area contributed by atoms with E-state index >= 15 is 0 Å². The van der Waals surface area contributed by atoms with E-state index in [4.69, 9.17) is 0 Å². The second kappa shape index (κ2) is 6.64. The molecular weight excluding hydrogens is 326 g/mol. The van der Waals surface area contributed by atoms with Crippen LogP contribution in [0.3, 0.4) is 0 Å². The summed E-state index contributed by atoms with van der Waals surface area (Å²) in [6, 6.07) is 24.4. The van der Waals surface area contributed by atoms with E-state index in [9.17, 15) is 0 Å². The van der Waals surface area contributed by atoms with Gasteiger partial charge in [0.2, 0.25) is 5.69 Å². The van der Waals surface area contributed by atoms with Crippen LogP contribution in [0.4, 0.5) is 0 Å². The molecule has 0 N–H and O–H groups in total. The Morgan fingerprint density at radius 3 is 2.04 bits per heavy atom. The predicted molar refractivity (Wildman–Crippen MR) is 114 cm³/mol. The minimum absolute atomic E-state index is 0.0796. The minimum atomic E-state index is 0.0796. The molecule has 3 aromatic rings. The van der Waals surface area contributed by atoms with Gasteiger partial charge < -0.3 is 0 Å².